The fourth-order valence-corrected chi connectivity index (χ4v) is 4.12. The number of hydrogen-bond acceptors (Lipinski definition) is 7. The second-order valence-electron chi connectivity index (χ2n) is 8.75. The summed E-state index contributed by atoms with van der Waals surface area (Å²) in [6, 6.07) is 11.0. The van der Waals surface area contributed by atoms with E-state index in [1.54, 1.807) is 12.4 Å². The third-order valence-corrected chi connectivity index (χ3v) is 5.98. The van der Waals surface area contributed by atoms with Gasteiger partial charge in [-0.15, -0.1) is 0 Å². The fraction of sp³-hybridized carbons (Fsp3) is 0.522. The molecule has 2 aliphatic rings. The van der Waals surface area contributed by atoms with Crippen molar-refractivity contribution in [3.8, 4) is 0 Å². The molecule has 0 amide bonds. The highest BCUT2D eigenvalue weighted by Crippen LogP contribution is 2.37. The Morgan fingerprint density at radius 2 is 1.79 bits per heavy atom. The lowest BCUT2D eigenvalue weighted by atomic mass is 9.87. The van der Waals surface area contributed by atoms with Gasteiger partial charge in [0.2, 0.25) is 5.95 Å². The van der Waals surface area contributed by atoms with Crippen molar-refractivity contribution in [1.82, 2.24) is 14.9 Å². The Bertz CT molecular complexity index is 918. The third kappa shape index (κ3) is 7.29. The second-order valence-corrected chi connectivity index (χ2v) is 8.75. The van der Waals surface area contributed by atoms with Crippen molar-refractivity contribution in [2.75, 3.05) is 44.0 Å². The zero-order chi connectivity index (χ0) is 24.8. The molecule has 1 atom stereocenters. The van der Waals surface area contributed by atoms with E-state index in [-0.39, 0.29) is 5.60 Å². The second kappa shape index (κ2) is 11.0. The number of hydrogen-bond donors (Lipinski definition) is 2. The molecule has 2 saturated heterocycles. The van der Waals surface area contributed by atoms with Crippen molar-refractivity contribution in [2.45, 2.75) is 43.6 Å². The topological polar surface area (TPSA) is 90.8 Å². The molecule has 2 aromatic rings. The van der Waals surface area contributed by atoms with Crippen LogP contribution in [0.1, 0.15) is 24.8 Å². The summed E-state index contributed by atoms with van der Waals surface area (Å²) in [6.07, 6.45) is 1.68. The first-order chi connectivity index (χ1) is 16.1. The minimum absolute atomic E-state index is 0.0255. The maximum Gasteiger partial charge on any atom is 0.490 e. The van der Waals surface area contributed by atoms with Gasteiger partial charge in [0, 0.05) is 51.8 Å². The van der Waals surface area contributed by atoms with Crippen molar-refractivity contribution in [1.29, 1.82) is 0 Å². The van der Waals surface area contributed by atoms with Gasteiger partial charge in [-0.05, 0) is 43.0 Å². The van der Waals surface area contributed by atoms with Crippen molar-refractivity contribution < 1.29 is 27.8 Å². The number of aliphatic carboxylic acids is 1. The van der Waals surface area contributed by atoms with Crippen LogP contribution < -0.4 is 10.2 Å². The number of anilines is 2. The van der Waals surface area contributed by atoms with Gasteiger partial charge in [0.05, 0.1) is 18.2 Å². The number of aromatic nitrogens is 2. The molecule has 1 aromatic carbocycles. The number of rotatable bonds is 5. The van der Waals surface area contributed by atoms with Gasteiger partial charge in [0.25, 0.3) is 0 Å². The summed E-state index contributed by atoms with van der Waals surface area (Å²) in [5, 5.41) is 10.5. The zero-order valence-electron chi connectivity index (χ0n) is 19.3. The molecular weight excluding hydrogens is 451 g/mol. The normalized spacial score (nSPS) is 19.9. The minimum Gasteiger partial charge on any atom is -0.475 e. The van der Waals surface area contributed by atoms with Crippen LogP contribution in [-0.2, 0) is 16.1 Å². The molecule has 11 heteroatoms. The average Bonchev–Trinajstić information content (AvgIpc) is 3.18. The van der Waals surface area contributed by atoms with Crippen LogP contribution in [0.5, 0.6) is 0 Å². The molecule has 1 spiro atoms. The molecular formula is C23H30F3N5O3. The van der Waals surface area contributed by atoms with Gasteiger partial charge < -0.3 is 20.1 Å². The van der Waals surface area contributed by atoms with Gasteiger partial charge in [-0.25, -0.2) is 14.8 Å². The Labute approximate surface area is 196 Å². The molecule has 1 unspecified atom stereocenters. The summed E-state index contributed by atoms with van der Waals surface area (Å²) in [4.78, 5) is 22.1. The Balaban J connectivity index is 0.000000406. The zero-order valence-corrected chi connectivity index (χ0v) is 19.3. The number of likely N-dealkylation sites (tertiary alicyclic amines) is 1. The smallest absolute Gasteiger partial charge is 0.475 e. The van der Waals surface area contributed by atoms with E-state index in [1.165, 1.54) is 11.3 Å². The third-order valence-electron chi connectivity index (χ3n) is 5.98. The Morgan fingerprint density at radius 1 is 1.21 bits per heavy atom. The molecule has 2 aliphatic heterocycles. The molecule has 3 heterocycles. The van der Waals surface area contributed by atoms with E-state index in [4.69, 9.17) is 14.6 Å². The monoisotopic (exact) mass is 481 g/mol. The summed E-state index contributed by atoms with van der Waals surface area (Å²) < 4.78 is 38.0. The van der Waals surface area contributed by atoms with E-state index in [0.717, 1.165) is 45.5 Å². The molecule has 0 saturated carbocycles. The van der Waals surface area contributed by atoms with Crippen molar-refractivity contribution in [3.05, 3.63) is 48.3 Å². The Hall–Kier alpha value is -2.92. The van der Waals surface area contributed by atoms with E-state index >= 15 is 0 Å². The number of piperidine rings is 1. The number of nitrogens with zero attached hydrogens (tertiary/aromatic N) is 4. The highest BCUT2D eigenvalue weighted by Gasteiger charge is 2.42. The summed E-state index contributed by atoms with van der Waals surface area (Å²) in [5.41, 5.74) is 2.65. The number of alkyl halides is 3. The van der Waals surface area contributed by atoms with Crippen molar-refractivity contribution >= 4 is 17.6 Å². The van der Waals surface area contributed by atoms with Crippen LogP contribution in [0, 0.1) is 0 Å². The van der Waals surface area contributed by atoms with E-state index in [2.05, 4.69) is 63.4 Å². The Morgan fingerprint density at radius 3 is 2.32 bits per heavy atom. The summed E-state index contributed by atoms with van der Waals surface area (Å²) in [5.74, 6) is -2.06. The molecule has 2 fully saturated rings. The average molecular weight is 482 g/mol. The highest BCUT2D eigenvalue weighted by molar-refractivity contribution is 5.73. The molecule has 0 radical (unpaired) electrons. The number of nitrogens with one attached hydrogen (secondary N) is 1. The van der Waals surface area contributed by atoms with Crippen LogP contribution in [0.25, 0.3) is 0 Å². The fourth-order valence-electron chi connectivity index (χ4n) is 4.12. The van der Waals surface area contributed by atoms with Gasteiger partial charge >= 0.3 is 12.1 Å². The lowest BCUT2D eigenvalue weighted by Crippen LogP contribution is -2.44. The molecule has 4 rings (SSSR count). The molecule has 0 aliphatic carbocycles. The first-order valence-corrected chi connectivity index (χ1v) is 11.0. The highest BCUT2D eigenvalue weighted by atomic mass is 19.4. The van der Waals surface area contributed by atoms with Crippen LogP contribution in [0.3, 0.4) is 0 Å². The summed E-state index contributed by atoms with van der Waals surface area (Å²) in [6.45, 7) is 3.93. The number of ether oxygens (including phenoxy) is 1. The van der Waals surface area contributed by atoms with Crippen LogP contribution in [-0.4, -0.2) is 77.6 Å². The molecule has 1 aromatic heterocycles. The van der Waals surface area contributed by atoms with Gasteiger partial charge in [-0.2, -0.15) is 13.2 Å². The van der Waals surface area contributed by atoms with Gasteiger partial charge in [-0.3, -0.25) is 4.90 Å². The Kier molecular flexibility index (Phi) is 8.32. The van der Waals surface area contributed by atoms with E-state index in [0.29, 0.717) is 12.0 Å². The first kappa shape index (κ1) is 25.7. The molecule has 8 nitrogen and oxygen atoms in total. The lowest BCUT2D eigenvalue weighted by Gasteiger charge is -2.38. The molecule has 2 N–H and O–H groups in total. The number of benzene rings is 1. The van der Waals surface area contributed by atoms with Crippen LogP contribution in [0.4, 0.5) is 24.8 Å². The largest absolute Gasteiger partial charge is 0.490 e. The molecule has 186 valence electrons. The lowest BCUT2D eigenvalue weighted by molar-refractivity contribution is -0.192. The van der Waals surface area contributed by atoms with E-state index in [1.807, 2.05) is 6.07 Å². The number of carboxylic acid groups (broad SMARTS) is 1. The maximum atomic E-state index is 10.6. The maximum absolute atomic E-state index is 10.6. The summed E-state index contributed by atoms with van der Waals surface area (Å²) in [7, 11) is 4.15. The van der Waals surface area contributed by atoms with Crippen LogP contribution in [0.2, 0.25) is 0 Å². The van der Waals surface area contributed by atoms with Gasteiger partial charge in [0.1, 0.15) is 0 Å². The van der Waals surface area contributed by atoms with Gasteiger partial charge in [0.15, 0.2) is 0 Å². The predicted molar refractivity (Wildman–Crippen MR) is 122 cm³/mol. The van der Waals surface area contributed by atoms with Gasteiger partial charge in [-0.1, -0.05) is 12.1 Å². The number of carbonyl (C=O) groups is 1. The SMILES string of the molecule is CN(C)c1ccc(CN2CCC3(CC2)CC(Nc2ncccn2)CO3)cc1.O=C(O)C(F)(F)F. The first-order valence-electron chi connectivity index (χ1n) is 11.0. The van der Waals surface area contributed by atoms with Crippen molar-refractivity contribution in [3.63, 3.8) is 0 Å². The van der Waals surface area contributed by atoms with Crippen molar-refractivity contribution in [2.24, 2.45) is 0 Å². The van der Waals surface area contributed by atoms with Crippen LogP contribution >= 0.6 is 0 Å². The minimum atomic E-state index is -5.08. The molecule has 0 bridgehead atoms. The predicted octanol–water partition coefficient (Wildman–Crippen LogP) is 3.41. The quantitative estimate of drug-likeness (QED) is 0.672. The standard InChI is InChI=1S/C21H29N5O.C2HF3O2/c1-25(2)19-6-4-17(5-7-19)15-26-12-8-21(9-13-26)14-18(16-27-21)24-20-22-10-3-11-23-20;3-2(4,5)1(6)7/h3-7,10-11,18H,8-9,12-16H2,1-2H3,(H,22,23,24);(H,6,7). The number of carboxylic acids is 1. The van der Waals surface area contributed by atoms with E-state index < -0.39 is 12.1 Å². The van der Waals surface area contributed by atoms with Crippen LogP contribution in [0.15, 0.2) is 42.7 Å². The summed E-state index contributed by atoms with van der Waals surface area (Å²) >= 11 is 0. The number of halogens is 3. The van der Waals surface area contributed by atoms with E-state index in [9.17, 15) is 13.2 Å². The molecule has 34 heavy (non-hydrogen) atoms.